The van der Waals surface area contributed by atoms with Crippen LogP contribution in [0, 0.1) is 17.1 Å². The topological polar surface area (TPSA) is 92.6 Å². The summed E-state index contributed by atoms with van der Waals surface area (Å²) in [6.45, 7) is 2.01. The minimum absolute atomic E-state index is 0.0251. The predicted octanol–water partition coefficient (Wildman–Crippen LogP) is 2.97. The van der Waals surface area contributed by atoms with E-state index in [9.17, 15) is 10.1 Å². The van der Waals surface area contributed by atoms with Crippen molar-refractivity contribution in [1.82, 2.24) is 10.6 Å². The van der Waals surface area contributed by atoms with Crippen molar-refractivity contribution < 1.29 is 22.8 Å². The molecule has 2 aliphatic heterocycles. The molecular weight excluding hydrogens is 433 g/mol. The molecule has 2 unspecified atom stereocenters. The van der Waals surface area contributed by atoms with E-state index >= 15 is 4.39 Å². The van der Waals surface area contributed by atoms with Gasteiger partial charge in [-0.3, -0.25) is 4.79 Å². The average Bonchev–Trinajstić information content (AvgIpc) is 3.09. The maximum atomic E-state index is 15.0. The van der Waals surface area contributed by atoms with Crippen molar-refractivity contribution in [3.8, 4) is 22.9 Å². The number of benzene rings is 2. The molecule has 1 amide bonds. The molecule has 0 bridgehead atoms. The Kier molecular flexibility index (Phi) is 7.27. The number of rotatable bonds is 6. The van der Waals surface area contributed by atoms with Crippen molar-refractivity contribution in [2.75, 3.05) is 26.8 Å². The average molecular weight is 458 g/mol. The maximum absolute atomic E-state index is 15.0. The largest absolute Gasteiger partial charge is 0.488 e. The van der Waals surface area contributed by atoms with Gasteiger partial charge < -0.3 is 24.3 Å². The van der Waals surface area contributed by atoms with Gasteiger partial charge in [-0.05, 0) is 53.9 Å². The standard InChI is InChI=1S/C23H24FN3O4S/c1-29-32-17-4-3-14-13-31-21-8-15(20(24)10-19(21)18(14)9-17)7-16(11-25)27-23(28)22-12-26-5-2-6-30-22/h3-4,8-10,16,22,26H,2,5-7,12-13H2,1H3,(H,27,28). The first-order valence-electron chi connectivity index (χ1n) is 10.4. The summed E-state index contributed by atoms with van der Waals surface area (Å²) in [4.78, 5) is 13.4. The molecule has 2 heterocycles. The molecule has 4 rings (SSSR count). The van der Waals surface area contributed by atoms with Gasteiger partial charge in [-0.2, -0.15) is 5.26 Å². The summed E-state index contributed by atoms with van der Waals surface area (Å²) in [7, 11) is 1.59. The lowest BCUT2D eigenvalue weighted by molar-refractivity contribution is -0.132. The van der Waals surface area contributed by atoms with Crippen molar-refractivity contribution in [3.63, 3.8) is 0 Å². The summed E-state index contributed by atoms with van der Waals surface area (Å²) in [5.41, 5.74) is 2.81. The highest BCUT2D eigenvalue weighted by molar-refractivity contribution is 7.94. The van der Waals surface area contributed by atoms with Gasteiger partial charge in [0.05, 0.1) is 13.2 Å². The van der Waals surface area contributed by atoms with Crippen LogP contribution in [0.2, 0.25) is 0 Å². The Labute approximate surface area is 190 Å². The Hall–Kier alpha value is -2.64. The second-order valence-electron chi connectivity index (χ2n) is 7.61. The molecule has 7 nitrogen and oxygen atoms in total. The normalized spacial score (nSPS) is 18.3. The van der Waals surface area contributed by atoms with E-state index in [1.807, 2.05) is 24.3 Å². The second-order valence-corrected chi connectivity index (χ2v) is 8.58. The van der Waals surface area contributed by atoms with E-state index in [1.165, 1.54) is 18.1 Å². The van der Waals surface area contributed by atoms with E-state index in [0.717, 1.165) is 29.0 Å². The Morgan fingerprint density at radius 1 is 1.41 bits per heavy atom. The number of fused-ring (bicyclic) bond motifs is 3. The van der Waals surface area contributed by atoms with Crippen molar-refractivity contribution in [2.24, 2.45) is 0 Å². The second kappa shape index (κ2) is 10.3. The molecule has 2 aromatic carbocycles. The number of halogens is 1. The zero-order chi connectivity index (χ0) is 22.5. The van der Waals surface area contributed by atoms with Crippen molar-refractivity contribution in [2.45, 2.75) is 36.5 Å². The Morgan fingerprint density at radius 2 is 2.28 bits per heavy atom. The quantitative estimate of drug-likeness (QED) is 0.645. The van der Waals surface area contributed by atoms with E-state index < -0.39 is 18.0 Å². The fourth-order valence-electron chi connectivity index (χ4n) is 3.81. The number of nitrogens with one attached hydrogen (secondary N) is 2. The van der Waals surface area contributed by atoms with Crippen LogP contribution >= 0.6 is 12.0 Å². The van der Waals surface area contributed by atoms with Gasteiger partial charge in [0.15, 0.2) is 0 Å². The Morgan fingerprint density at radius 3 is 3.09 bits per heavy atom. The summed E-state index contributed by atoms with van der Waals surface area (Å²) in [6.07, 6.45) is 0.179. The van der Waals surface area contributed by atoms with Crippen LogP contribution in [0.25, 0.3) is 11.1 Å². The highest BCUT2D eigenvalue weighted by Gasteiger charge is 2.25. The lowest BCUT2D eigenvalue weighted by Crippen LogP contribution is -2.46. The van der Waals surface area contributed by atoms with Gasteiger partial charge in [-0.1, -0.05) is 6.07 Å². The van der Waals surface area contributed by atoms with E-state index in [4.69, 9.17) is 13.7 Å². The zero-order valence-corrected chi connectivity index (χ0v) is 18.5. The molecule has 2 N–H and O–H groups in total. The molecule has 1 saturated heterocycles. The summed E-state index contributed by atoms with van der Waals surface area (Å²) in [5.74, 6) is -0.280. The molecule has 0 aliphatic carbocycles. The third kappa shape index (κ3) is 5.05. The fraction of sp³-hybridized carbons (Fsp3) is 0.391. The van der Waals surface area contributed by atoms with Gasteiger partial charge in [-0.25, -0.2) is 4.39 Å². The molecule has 9 heteroatoms. The van der Waals surface area contributed by atoms with Gasteiger partial charge in [0.25, 0.3) is 5.91 Å². The molecule has 1 fully saturated rings. The third-order valence-electron chi connectivity index (χ3n) is 5.42. The molecule has 32 heavy (non-hydrogen) atoms. The van der Waals surface area contributed by atoms with Crippen LogP contribution in [0.15, 0.2) is 35.2 Å². The number of amides is 1. The summed E-state index contributed by atoms with van der Waals surface area (Å²) in [5, 5.41) is 15.3. The molecule has 0 saturated carbocycles. The summed E-state index contributed by atoms with van der Waals surface area (Å²) >= 11 is 1.23. The fourth-order valence-corrected chi connectivity index (χ4v) is 4.30. The third-order valence-corrected chi connectivity index (χ3v) is 6.03. The summed E-state index contributed by atoms with van der Waals surface area (Å²) in [6, 6.07) is 10.0. The van der Waals surface area contributed by atoms with E-state index in [-0.39, 0.29) is 12.3 Å². The highest BCUT2D eigenvalue weighted by atomic mass is 32.2. The minimum Gasteiger partial charge on any atom is -0.488 e. The van der Waals surface area contributed by atoms with E-state index in [0.29, 0.717) is 36.6 Å². The molecule has 0 spiro atoms. The van der Waals surface area contributed by atoms with Crippen LogP contribution in [0.4, 0.5) is 4.39 Å². The number of nitrogens with zero attached hydrogens (tertiary/aromatic N) is 1. The molecule has 168 valence electrons. The van der Waals surface area contributed by atoms with Crippen LogP contribution < -0.4 is 15.4 Å². The van der Waals surface area contributed by atoms with Crippen molar-refractivity contribution >= 4 is 17.9 Å². The number of ether oxygens (including phenoxy) is 2. The van der Waals surface area contributed by atoms with Gasteiger partial charge >= 0.3 is 0 Å². The van der Waals surface area contributed by atoms with Crippen LogP contribution in [-0.2, 0) is 26.7 Å². The van der Waals surface area contributed by atoms with Gasteiger partial charge in [-0.15, -0.1) is 0 Å². The number of hydrogen-bond acceptors (Lipinski definition) is 7. The van der Waals surface area contributed by atoms with Gasteiger partial charge in [0, 0.05) is 42.1 Å². The SMILES string of the molecule is COSc1ccc2c(c1)-c1cc(F)c(CC(C#N)NC(=O)C3CNCCCO3)cc1OC2. The predicted molar refractivity (Wildman–Crippen MR) is 118 cm³/mol. The van der Waals surface area contributed by atoms with E-state index in [2.05, 4.69) is 10.6 Å². The smallest absolute Gasteiger partial charge is 0.251 e. The summed E-state index contributed by atoms with van der Waals surface area (Å²) < 4.78 is 31.5. The first-order valence-corrected chi connectivity index (χ1v) is 11.1. The van der Waals surface area contributed by atoms with Crippen LogP contribution in [-0.4, -0.2) is 44.9 Å². The van der Waals surface area contributed by atoms with Gasteiger partial charge in [0.1, 0.15) is 30.3 Å². The highest BCUT2D eigenvalue weighted by Crippen LogP contribution is 2.40. The van der Waals surface area contributed by atoms with Gasteiger partial charge in [0.2, 0.25) is 0 Å². The molecule has 2 atom stereocenters. The van der Waals surface area contributed by atoms with Crippen LogP contribution in [0.1, 0.15) is 17.5 Å². The molecular formula is C23H24FN3O4S. The molecule has 0 radical (unpaired) electrons. The minimum atomic E-state index is -0.887. The molecule has 2 aromatic rings. The first-order chi connectivity index (χ1) is 15.6. The van der Waals surface area contributed by atoms with Crippen LogP contribution in [0.3, 0.4) is 0 Å². The monoisotopic (exact) mass is 457 g/mol. The molecule has 0 aromatic heterocycles. The zero-order valence-electron chi connectivity index (χ0n) is 17.7. The van der Waals surface area contributed by atoms with Crippen molar-refractivity contribution in [3.05, 3.63) is 47.3 Å². The van der Waals surface area contributed by atoms with E-state index in [1.54, 1.807) is 13.2 Å². The maximum Gasteiger partial charge on any atom is 0.251 e. The number of nitriles is 1. The number of carbonyl (C=O) groups excluding carboxylic acids is 1. The van der Waals surface area contributed by atoms with Crippen LogP contribution in [0.5, 0.6) is 5.75 Å². The van der Waals surface area contributed by atoms with Crippen molar-refractivity contribution in [1.29, 1.82) is 5.26 Å². The first kappa shape index (κ1) is 22.6. The molecule has 2 aliphatic rings. The number of carbonyl (C=O) groups is 1. The lowest BCUT2D eigenvalue weighted by atomic mass is 9.94. The number of hydrogen-bond donors (Lipinski definition) is 2. The Balaban J connectivity index is 1.52. The Bertz CT molecular complexity index is 1030. The lowest BCUT2D eigenvalue weighted by Gasteiger charge is -2.23.